The van der Waals surface area contributed by atoms with Crippen molar-refractivity contribution in [1.29, 1.82) is 0 Å². The van der Waals surface area contributed by atoms with Crippen LogP contribution >= 0.6 is 11.3 Å². The van der Waals surface area contributed by atoms with Crippen molar-refractivity contribution in [3.8, 4) is 17.0 Å². The van der Waals surface area contributed by atoms with Gasteiger partial charge >= 0.3 is 0 Å². The van der Waals surface area contributed by atoms with Crippen LogP contribution in [0.5, 0.6) is 5.75 Å². The number of benzene rings is 2. The zero-order chi connectivity index (χ0) is 17.4. The third-order valence-corrected chi connectivity index (χ3v) is 4.90. The molecule has 0 spiro atoms. The van der Waals surface area contributed by atoms with Gasteiger partial charge in [0.25, 0.3) is 5.91 Å². The summed E-state index contributed by atoms with van der Waals surface area (Å²) in [5.74, 6) is 0.156. The number of fused-ring (bicyclic) bond motifs is 1. The Bertz CT molecular complexity index is 968. The van der Waals surface area contributed by atoms with E-state index in [0.717, 1.165) is 23.4 Å². The van der Waals surface area contributed by atoms with Gasteiger partial charge in [-0.15, -0.1) is 11.3 Å². The molecule has 25 heavy (non-hydrogen) atoms. The number of rotatable bonds is 3. The number of hydrogen-bond donors (Lipinski definition) is 1. The third-order valence-electron chi connectivity index (χ3n) is 4.14. The van der Waals surface area contributed by atoms with Crippen molar-refractivity contribution in [2.45, 2.75) is 13.3 Å². The summed E-state index contributed by atoms with van der Waals surface area (Å²) in [6.07, 6.45) is 0.899. The maximum absolute atomic E-state index is 13.6. The van der Waals surface area contributed by atoms with Crippen LogP contribution in [0.3, 0.4) is 0 Å². The normalized spacial score (nSPS) is 12.6. The first-order chi connectivity index (χ1) is 12.1. The van der Waals surface area contributed by atoms with E-state index in [1.165, 1.54) is 23.0 Å². The second kappa shape index (κ2) is 6.29. The molecular formula is C19H15FN2O2S. The first-order valence-corrected chi connectivity index (χ1v) is 8.77. The van der Waals surface area contributed by atoms with Gasteiger partial charge in [-0.3, -0.25) is 10.1 Å². The van der Waals surface area contributed by atoms with Crippen molar-refractivity contribution in [3.05, 3.63) is 64.3 Å². The molecule has 0 atom stereocenters. The van der Waals surface area contributed by atoms with Gasteiger partial charge in [-0.25, -0.2) is 9.37 Å². The van der Waals surface area contributed by atoms with E-state index < -0.39 is 5.82 Å². The molecule has 3 aromatic rings. The lowest BCUT2D eigenvalue weighted by Gasteiger charge is -2.03. The lowest BCUT2D eigenvalue weighted by molar-refractivity contribution is 0.102. The molecule has 0 fully saturated rings. The lowest BCUT2D eigenvalue weighted by Crippen LogP contribution is -2.12. The van der Waals surface area contributed by atoms with Crippen LogP contribution in [0.15, 0.2) is 41.8 Å². The first-order valence-electron chi connectivity index (χ1n) is 7.89. The molecule has 1 amide bonds. The summed E-state index contributed by atoms with van der Waals surface area (Å²) in [5, 5.41) is 5.10. The molecule has 4 rings (SSSR count). The maximum atomic E-state index is 13.6. The topological polar surface area (TPSA) is 51.2 Å². The van der Waals surface area contributed by atoms with Crippen LogP contribution in [-0.2, 0) is 6.42 Å². The van der Waals surface area contributed by atoms with E-state index >= 15 is 0 Å². The van der Waals surface area contributed by atoms with Crippen molar-refractivity contribution < 1.29 is 13.9 Å². The molecule has 4 nitrogen and oxygen atoms in total. The Balaban J connectivity index is 1.53. The highest BCUT2D eigenvalue weighted by Crippen LogP contribution is 2.32. The number of thiazole rings is 1. The van der Waals surface area contributed by atoms with Crippen molar-refractivity contribution in [3.63, 3.8) is 0 Å². The van der Waals surface area contributed by atoms with E-state index in [4.69, 9.17) is 4.74 Å². The second-order valence-electron chi connectivity index (χ2n) is 5.88. The van der Waals surface area contributed by atoms with E-state index in [0.29, 0.717) is 17.3 Å². The number of aryl methyl sites for hydroxylation is 1. The van der Waals surface area contributed by atoms with Crippen molar-refractivity contribution >= 4 is 22.4 Å². The first kappa shape index (κ1) is 15.8. The Hall–Kier alpha value is -2.73. The van der Waals surface area contributed by atoms with Crippen LogP contribution in [0.4, 0.5) is 9.52 Å². The number of carbonyl (C=O) groups is 1. The Kier molecular flexibility index (Phi) is 3.97. The highest BCUT2D eigenvalue weighted by Gasteiger charge is 2.15. The summed E-state index contributed by atoms with van der Waals surface area (Å²) in [4.78, 5) is 16.7. The van der Waals surface area contributed by atoms with Crippen LogP contribution in [0.2, 0.25) is 0 Å². The number of aromatic nitrogens is 1. The molecule has 1 aliphatic rings. The van der Waals surface area contributed by atoms with Gasteiger partial charge in [0.15, 0.2) is 5.13 Å². The number of halogens is 1. The number of ether oxygens (including phenoxy) is 1. The highest BCUT2D eigenvalue weighted by molar-refractivity contribution is 7.14. The van der Waals surface area contributed by atoms with Gasteiger partial charge < -0.3 is 4.74 Å². The zero-order valence-electron chi connectivity index (χ0n) is 13.5. The Labute approximate surface area is 148 Å². The predicted molar refractivity (Wildman–Crippen MR) is 95.8 cm³/mol. The minimum absolute atomic E-state index is 0.273. The summed E-state index contributed by atoms with van der Waals surface area (Å²) in [6, 6.07) is 10.4. The number of hydrogen-bond acceptors (Lipinski definition) is 4. The largest absolute Gasteiger partial charge is 0.493 e. The molecule has 1 aromatic heterocycles. The van der Waals surface area contributed by atoms with Crippen molar-refractivity contribution in [1.82, 2.24) is 4.98 Å². The molecule has 1 N–H and O–H groups in total. The van der Waals surface area contributed by atoms with Gasteiger partial charge in [0.05, 0.1) is 12.3 Å². The van der Waals surface area contributed by atoms with Crippen LogP contribution in [0.25, 0.3) is 11.3 Å². The zero-order valence-corrected chi connectivity index (χ0v) is 14.3. The molecule has 0 aliphatic carbocycles. The number of amides is 1. The average molecular weight is 354 g/mol. The molecular weight excluding hydrogens is 339 g/mol. The SMILES string of the molecule is Cc1ccc(C(=O)Nc2nc(-c3ccc4c(c3)CCO4)cs2)cc1F. The average Bonchev–Trinajstić information content (AvgIpc) is 3.25. The third kappa shape index (κ3) is 3.13. The Morgan fingerprint density at radius 2 is 2.16 bits per heavy atom. The summed E-state index contributed by atoms with van der Waals surface area (Å²) in [6.45, 7) is 2.37. The summed E-state index contributed by atoms with van der Waals surface area (Å²) >= 11 is 1.34. The fraction of sp³-hybridized carbons (Fsp3) is 0.158. The van der Waals surface area contributed by atoms with E-state index in [-0.39, 0.29) is 11.5 Å². The molecule has 1 aliphatic heterocycles. The molecule has 2 heterocycles. The van der Waals surface area contributed by atoms with Crippen LogP contribution in [-0.4, -0.2) is 17.5 Å². The van der Waals surface area contributed by atoms with Gasteiger partial charge in [0.1, 0.15) is 11.6 Å². The van der Waals surface area contributed by atoms with E-state index in [9.17, 15) is 9.18 Å². The fourth-order valence-corrected chi connectivity index (χ4v) is 3.43. The molecule has 2 aromatic carbocycles. The lowest BCUT2D eigenvalue weighted by atomic mass is 10.1. The van der Waals surface area contributed by atoms with Gasteiger partial charge in [-0.1, -0.05) is 6.07 Å². The Morgan fingerprint density at radius 1 is 1.28 bits per heavy atom. The van der Waals surface area contributed by atoms with Gasteiger partial charge in [0, 0.05) is 22.9 Å². The number of nitrogens with zero attached hydrogens (tertiary/aromatic N) is 1. The smallest absolute Gasteiger partial charge is 0.257 e. The molecule has 126 valence electrons. The van der Waals surface area contributed by atoms with Gasteiger partial charge in [0.2, 0.25) is 0 Å². The molecule has 0 radical (unpaired) electrons. The minimum atomic E-state index is -0.396. The molecule has 6 heteroatoms. The van der Waals surface area contributed by atoms with Gasteiger partial charge in [-0.05, 0) is 48.4 Å². The van der Waals surface area contributed by atoms with Crippen molar-refractivity contribution in [2.75, 3.05) is 11.9 Å². The predicted octanol–water partition coefficient (Wildman–Crippen LogP) is 4.44. The molecule has 0 saturated heterocycles. The quantitative estimate of drug-likeness (QED) is 0.756. The number of nitrogens with one attached hydrogen (secondary N) is 1. The highest BCUT2D eigenvalue weighted by atomic mass is 32.1. The van der Waals surface area contributed by atoms with Crippen LogP contribution in [0.1, 0.15) is 21.5 Å². The summed E-state index contributed by atoms with van der Waals surface area (Å²) in [7, 11) is 0. The van der Waals surface area contributed by atoms with E-state index in [1.807, 2.05) is 17.5 Å². The standard InChI is InChI=1S/C19H15FN2O2S/c1-11-2-3-14(9-15(11)20)18(23)22-19-21-16(10-25-19)12-4-5-17-13(8-12)6-7-24-17/h2-5,8-10H,6-7H2,1H3,(H,21,22,23). The summed E-state index contributed by atoms with van der Waals surface area (Å²) in [5.41, 5.74) is 3.74. The van der Waals surface area contributed by atoms with E-state index in [2.05, 4.69) is 16.4 Å². The minimum Gasteiger partial charge on any atom is -0.493 e. The van der Waals surface area contributed by atoms with E-state index in [1.54, 1.807) is 19.1 Å². The van der Waals surface area contributed by atoms with Crippen molar-refractivity contribution in [2.24, 2.45) is 0 Å². The van der Waals surface area contributed by atoms with Crippen LogP contribution < -0.4 is 10.1 Å². The van der Waals surface area contributed by atoms with Gasteiger partial charge in [-0.2, -0.15) is 0 Å². The molecule has 0 bridgehead atoms. The second-order valence-corrected chi connectivity index (χ2v) is 6.74. The number of carbonyl (C=O) groups excluding carboxylic acids is 1. The molecule has 0 unspecified atom stereocenters. The fourth-order valence-electron chi connectivity index (χ4n) is 2.71. The summed E-state index contributed by atoms with van der Waals surface area (Å²) < 4.78 is 19.1. The van der Waals surface area contributed by atoms with Crippen LogP contribution in [0, 0.1) is 12.7 Å². The molecule has 0 saturated carbocycles. The maximum Gasteiger partial charge on any atom is 0.257 e. The number of anilines is 1. The monoisotopic (exact) mass is 354 g/mol. The Morgan fingerprint density at radius 3 is 3.00 bits per heavy atom.